The highest BCUT2D eigenvalue weighted by molar-refractivity contribution is 5.94. The first kappa shape index (κ1) is 10.6. The SMILES string of the molecule is CC(C)[C@H]1O[C@@]2(C=CC1=O)CC=CCC2. The molecular formula is C13H18O2. The van der Waals surface area contributed by atoms with E-state index in [9.17, 15) is 4.79 Å². The summed E-state index contributed by atoms with van der Waals surface area (Å²) in [5, 5.41) is 0. The first-order valence-electron chi connectivity index (χ1n) is 5.69. The van der Waals surface area contributed by atoms with Crippen molar-refractivity contribution in [3.05, 3.63) is 24.3 Å². The van der Waals surface area contributed by atoms with Crippen molar-refractivity contribution in [2.24, 2.45) is 5.92 Å². The van der Waals surface area contributed by atoms with Crippen LogP contribution in [0.4, 0.5) is 0 Å². The third-order valence-electron chi connectivity index (χ3n) is 3.16. The Kier molecular flexibility index (Phi) is 2.79. The zero-order valence-electron chi connectivity index (χ0n) is 9.40. The second kappa shape index (κ2) is 3.93. The first-order chi connectivity index (χ1) is 7.13. The smallest absolute Gasteiger partial charge is 0.184 e. The van der Waals surface area contributed by atoms with Crippen molar-refractivity contribution >= 4 is 5.78 Å². The molecule has 1 aliphatic heterocycles. The van der Waals surface area contributed by atoms with Crippen molar-refractivity contribution < 1.29 is 9.53 Å². The van der Waals surface area contributed by atoms with Gasteiger partial charge in [-0.2, -0.15) is 0 Å². The van der Waals surface area contributed by atoms with E-state index in [1.807, 2.05) is 19.9 Å². The van der Waals surface area contributed by atoms with Gasteiger partial charge in [0, 0.05) is 0 Å². The average Bonchev–Trinajstić information content (AvgIpc) is 2.23. The van der Waals surface area contributed by atoms with E-state index in [0.29, 0.717) is 0 Å². The fraction of sp³-hybridized carbons (Fsp3) is 0.615. The number of hydrogen-bond donors (Lipinski definition) is 0. The largest absolute Gasteiger partial charge is 0.359 e. The minimum Gasteiger partial charge on any atom is -0.359 e. The molecule has 0 saturated heterocycles. The van der Waals surface area contributed by atoms with Crippen molar-refractivity contribution in [1.29, 1.82) is 0 Å². The Morgan fingerprint density at radius 1 is 1.47 bits per heavy atom. The molecule has 1 heterocycles. The Labute approximate surface area is 91.0 Å². The fourth-order valence-electron chi connectivity index (χ4n) is 2.23. The van der Waals surface area contributed by atoms with E-state index in [0.717, 1.165) is 19.3 Å². The van der Waals surface area contributed by atoms with Crippen LogP contribution in [-0.4, -0.2) is 17.5 Å². The Hall–Kier alpha value is -0.890. The van der Waals surface area contributed by atoms with Gasteiger partial charge in [0.2, 0.25) is 0 Å². The second-order valence-corrected chi connectivity index (χ2v) is 4.80. The Balaban J connectivity index is 2.20. The molecule has 0 aromatic rings. The molecule has 2 atom stereocenters. The highest BCUT2D eigenvalue weighted by Crippen LogP contribution is 2.34. The molecule has 0 aromatic carbocycles. The average molecular weight is 206 g/mol. The molecule has 0 radical (unpaired) electrons. The van der Waals surface area contributed by atoms with Crippen molar-refractivity contribution in [2.75, 3.05) is 0 Å². The molecule has 0 amide bonds. The van der Waals surface area contributed by atoms with Crippen LogP contribution in [0.3, 0.4) is 0 Å². The Morgan fingerprint density at radius 2 is 2.27 bits per heavy atom. The monoisotopic (exact) mass is 206 g/mol. The summed E-state index contributed by atoms with van der Waals surface area (Å²) in [6, 6.07) is 0. The number of ether oxygens (including phenoxy) is 1. The van der Waals surface area contributed by atoms with Gasteiger partial charge in [0.15, 0.2) is 5.78 Å². The fourth-order valence-corrected chi connectivity index (χ4v) is 2.23. The topological polar surface area (TPSA) is 26.3 Å². The summed E-state index contributed by atoms with van der Waals surface area (Å²) in [5.41, 5.74) is -0.197. The summed E-state index contributed by atoms with van der Waals surface area (Å²) < 4.78 is 6.00. The summed E-state index contributed by atoms with van der Waals surface area (Å²) in [6.45, 7) is 4.07. The molecule has 0 fully saturated rings. The predicted molar refractivity (Wildman–Crippen MR) is 59.6 cm³/mol. The summed E-state index contributed by atoms with van der Waals surface area (Å²) in [4.78, 5) is 11.6. The summed E-state index contributed by atoms with van der Waals surface area (Å²) in [6.07, 6.45) is 10.7. The lowest BCUT2D eigenvalue weighted by atomic mass is 9.85. The van der Waals surface area contributed by atoms with E-state index in [2.05, 4.69) is 12.2 Å². The van der Waals surface area contributed by atoms with E-state index in [-0.39, 0.29) is 23.4 Å². The maximum atomic E-state index is 11.6. The Morgan fingerprint density at radius 3 is 2.87 bits per heavy atom. The molecule has 2 nitrogen and oxygen atoms in total. The zero-order valence-corrected chi connectivity index (χ0v) is 9.40. The molecule has 1 aliphatic carbocycles. The lowest BCUT2D eigenvalue weighted by Gasteiger charge is -2.39. The quantitative estimate of drug-likeness (QED) is 0.616. The van der Waals surface area contributed by atoms with Gasteiger partial charge in [-0.15, -0.1) is 0 Å². The normalized spacial score (nSPS) is 35.4. The number of carbonyl (C=O) groups is 1. The number of carbonyl (C=O) groups excluding carboxylic acids is 1. The van der Waals surface area contributed by atoms with Crippen LogP contribution in [0.2, 0.25) is 0 Å². The van der Waals surface area contributed by atoms with Gasteiger partial charge >= 0.3 is 0 Å². The van der Waals surface area contributed by atoms with E-state index >= 15 is 0 Å². The van der Waals surface area contributed by atoms with Crippen LogP contribution in [0.1, 0.15) is 33.1 Å². The van der Waals surface area contributed by atoms with Crippen LogP contribution in [-0.2, 0) is 9.53 Å². The molecule has 0 aromatic heterocycles. The number of rotatable bonds is 1. The maximum Gasteiger partial charge on any atom is 0.184 e. The second-order valence-electron chi connectivity index (χ2n) is 4.80. The predicted octanol–water partition coefficient (Wildman–Crippen LogP) is 2.65. The van der Waals surface area contributed by atoms with E-state index in [4.69, 9.17) is 4.74 Å². The molecule has 0 unspecified atom stereocenters. The van der Waals surface area contributed by atoms with Gasteiger partial charge < -0.3 is 4.74 Å². The number of ketones is 1. The number of hydrogen-bond acceptors (Lipinski definition) is 2. The van der Waals surface area contributed by atoms with Gasteiger partial charge in [-0.1, -0.05) is 26.0 Å². The van der Waals surface area contributed by atoms with Crippen LogP contribution in [0.15, 0.2) is 24.3 Å². The van der Waals surface area contributed by atoms with E-state index in [1.165, 1.54) is 0 Å². The molecule has 0 N–H and O–H groups in total. The highest BCUT2D eigenvalue weighted by Gasteiger charge is 2.38. The first-order valence-corrected chi connectivity index (χ1v) is 5.69. The summed E-state index contributed by atoms with van der Waals surface area (Å²) >= 11 is 0. The molecule has 82 valence electrons. The molecule has 2 heteroatoms. The maximum absolute atomic E-state index is 11.6. The molecule has 15 heavy (non-hydrogen) atoms. The van der Waals surface area contributed by atoms with Crippen molar-refractivity contribution in [3.63, 3.8) is 0 Å². The van der Waals surface area contributed by atoms with Crippen LogP contribution >= 0.6 is 0 Å². The van der Waals surface area contributed by atoms with Gasteiger partial charge in [-0.3, -0.25) is 4.79 Å². The van der Waals surface area contributed by atoms with Crippen molar-refractivity contribution in [3.8, 4) is 0 Å². The molecule has 1 spiro atoms. The van der Waals surface area contributed by atoms with Crippen LogP contribution in [0.25, 0.3) is 0 Å². The van der Waals surface area contributed by atoms with Gasteiger partial charge in [-0.05, 0) is 37.3 Å². The summed E-state index contributed by atoms with van der Waals surface area (Å²) in [7, 11) is 0. The third-order valence-corrected chi connectivity index (χ3v) is 3.16. The molecule has 2 aliphatic rings. The molecule has 2 rings (SSSR count). The Bertz CT molecular complexity index is 314. The molecule has 0 bridgehead atoms. The minimum absolute atomic E-state index is 0.116. The van der Waals surface area contributed by atoms with Gasteiger partial charge in [0.05, 0.1) is 5.60 Å². The molecule has 0 saturated carbocycles. The lowest BCUT2D eigenvalue weighted by Crippen LogP contribution is -2.44. The zero-order chi connectivity index (χ0) is 10.9. The minimum atomic E-state index is -0.249. The van der Waals surface area contributed by atoms with Crippen LogP contribution in [0.5, 0.6) is 0 Å². The summed E-state index contributed by atoms with van der Waals surface area (Å²) in [5.74, 6) is 0.371. The van der Waals surface area contributed by atoms with Crippen molar-refractivity contribution in [2.45, 2.75) is 44.8 Å². The molecular weight excluding hydrogens is 188 g/mol. The van der Waals surface area contributed by atoms with Gasteiger partial charge in [0.1, 0.15) is 6.10 Å². The highest BCUT2D eigenvalue weighted by atomic mass is 16.5. The van der Waals surface area contributed by atoms with Gasteiger partial charge in [0.25, 0.3) is 0 Å². The number of allylic oxidation sites excluding steroid dienone is 1. The van der Waals surface area contributed by atoms with Crippen LogP contribution < -0.4 is 0 Å². The van der Waals surface area contributed by atoms with E-state index < -0.39 is 0 Å². The van der Waals surface area contributed by atoms with Crippen molar-refractivity contribution in [1.82, 2.24) is 0 Å². The van der Waals surface area contributed by atoms with Crippen LogP contribution in [0, 0.1) is 5.92 Å². The standard InChI is InChI=1S/C13H18O2/c1-10(2)12-11(14)6-9-13(15-12)7-4-3-5-8-13/h3-4,6,9-10,12H,5,7-8H2,1-2H3/t12-,13+/m1/s1. The lowest BCUT2D eigenvalue weighted by molar-refractivity contribution is -0.145. The van der Waals surface area contributed by atoms with E-state index in [1.54, 1.807) is 6.08 Å². The third kappa shape index (κ3) is 2.05. The van der Waals surface area contributed by atoms with Gasteiger partial charge in [-0.25, -0.2) is 0 Å².